The molecule has 0 spiro atoms. The molecule has 0 fully saturated rings. The molecule has 0 saturated carbocycles. The predicted molar refractivity (Wildman–Crippen MR) is 121 cm³/mol. The molecule has 14 N–H and O–H groups in total. The third-order valence-corrected chi connectivity index (χ3v) is 3.99. The quantitative estimate of drug-likeness (QED) is 0.140. The Hall–Kier alpha value is -4.98. The second-order valence-corrected chi connectivity index (χ2v) is 7.10. The zero-order valence-corrected chi connectivity index (χ0v) is 20.2. The van der Waals surface area contributed by atoms with Crippen molar-refractivity contribution in [2.24, 2.45) is 0 Å². The minimum absolute atomic E-state index is 0.299. The van der Waals surface area contributed by atoms with Crippen molar-refractivity contribution in [1.82, 2.24) is 0 Å². The molecule has 4 atom stereocenters. The van der Waals surface area contributed by atoms with Crippen LogP contribution in [0.5, 0.6) is 0 Å². The average molecular weight is 574 g/mol. The van der Waals surface area contributed by atoms with Crippen molar-refractivity contribution in [3.05, 3.63) is 59.7 Å². The van der Waals surface area contributed by atoms with Crippen molar-refractivity contribution >= 4 is 47.2 Å². The highest BCUT2D eigenvalue weighted by atomic mass is 16.4. The predicted octanol–water partition coefficient (Wildman–Crippen LogP) is -6.40. The number of carboxylic acid groups (broad SMARTS) is 6. The van der Waals surface area contributed by atoms with E-state index in [1.807, 2.05) is 0 Å². The number of aromatic carboxylic acids is 2. The average Bonchev–Trinajstić information content (AvgIpc) is 2.88. The summed E-state index contributed by atoms with van der Waals surface area (Å²) in [6.45, 7) is 0. The van der Waals surface area contributed by atoms with E-state index in [0.29, 0.717) is 11.1 Å². The van der Waals surface area contributed by atoms with Gasteiger partial charge in [-0.15, -0.1) is 0 Å². The van der Waals surface area contributed by atoms with Gasteiger partial charge in [-0.25, -0.2) is 19.2 Å². The summed E-state index contributed by atoms with van der Waals surface area (Å²) in [4.78, 5) is 59.4. The number of hydrogen-bond donors (Lipinski definition) is 10. The molecule has 0 bridgehead atoms. The van der Waals surface area contributed by atoms with Crippen LogP contribution >= 0.6 is 0 Å². The summed E-state index contributed by atoms with van der Waals surface area (Å²) >= 11 is 0. The maximum Gasteiger partial charge on any atom is 0.335 e. The summed E-state index contributed by atoms with van der Waals surface area (Å²) in [6.07, 6.45) is -9.41. The number of benzene rings is 2. The van der Waals surface area contributed by atoms with Crippen molar-refractivity contribution in [2.45, 2.75) is 24.4 Å². The molecule has 18 heteroatoms. The second kappa shape index (κ2) is 18.3. The lowest BCUT2D eigenvalue weighted by Crippen LogP contribution is -2.46. The molecule has 0 aromatic heterocycles. The Morgan fingerprint density at radius 2 is 0.725 bits per heavy atom. The highest BCUT2D eigenvalue weighted by Crippen LogP contribution is 2.03. The van der Waals surface area contributed by atoms with Crippen LogP contribution in [0.15, 0.2) is 48.5 Å². The molecule has 0 saturated heterocycles. The van der Waals surface area contributed by atoms with E-state index >= 15 is 0 Å². The first-order valence-electron chi connectivity index (χ1n) is 10.2. The van der Waals surface area contributed by atoms with Crippen molar-refractivity contribution in [2.75, 3.05) is 0 Å². The number of carbonyl (C=O) groups excluding carboxylic acids is 2. The van der Waals surface area contributed by atoms with Gasteiger partial charge in [0.1, 0.15) is 23.6 Å². The topological polar surface area (TPSA) is 366 Å². The Morgan fingerprint density at radius 1 is 0.500 bits per heavy atom. The van der Waals surface area contributed by atoms with Gasteiger partial charge in [0, 0.05) is 0 Å². The summed E-state index contributed by atoms with van der Waals surface area (Å²) in [7, 11) is 0. The first kappa shape index (κ1) is 37.2. The fourth-order valence-electron chi connectivity index (χ4n) is 1.82. The third-order valence-electron chi connectivity index (χ3n) is 3.99. The van der Waals surface area contributed by atoms with E-state index in [2.05, 4.69) is 11.5 Å². The molecule has 0 radical (unpaired) electrons. The van der Waals surface area contributed by atoms with Crippen molar-refractivity contribution < 1.29 is 91.3 Å². The number of carboxylic acids is 6. The maximum atomic E-state index is 10.3. The zero-order chi connectivity index (χ0) is 31.7. The van der Waals surface area contributed by atoms with Gasteiger partial charge in [-0.3, -0.25) is 0 Å². The third kappa shape index (κ3) is 15.3. The fraction of sp³-hybridized carbons (Fsp3) is 0.182. The number of aliphatic hydroxyl groups is 4. The number of quaternary nitrogens is 2. The van der Waals surface area contributed by atoms with Crippen LogP contribution in [-0.2, 0) is 19.2 Å². The van der Waals surface area contributed by atoms with E-state index in [1.165, 1.54) is 24.3 Å². The minimum atomic E-state index is -2.38. The molecule has 18 nitrogen and oxygen atoms in total. The lowest BCUT2D eigenvalue weighted by molar-refractivity contribution is -0.319. The van der Waals surface area contributed by atoms with Gasteiger partial charge in [-0.05, 0) is 48.5 Å². The van der Waals surface area contributed by atoms with Crippen LogP contribution in [0, 0.1) is 0 Å². The van der Waals surface area contributed by atoms with Crippen molar-refractivity contribution in [3.8, 4) is 0 Å². The summed E-state index contributed by atoms with van der Waals surface area (Å²) in [5.41, 5.74) is 9.50. The van der Waals surface area contributed by atoms with Gasteiger partial charge in [0.25, 0.3) is 0 Å². The molecule has 0 aliphatic heterocycles. The highest BCUT2D eigenvalue weighted by Gasteiger charge is 2.24. The second-order valence-electron chi connectivity index (χ2n) is 7.10. The van der Waals surface area contributed by atoms with Crippen LogP contribution in [0.25, 0.3) is 0 Å². The Kier molecular flexibility index (Phi) is 17.0. The molecule has 0 unspecified atom stereocenters. The normalized spacial score (nSPS) is 12.6. The maximum absolute atomic E-state index is 10.3. The summed E-state index contributed by atoms with van der Waals surface area (Å²) in [5, 5.41) is 85.2. The van der Waals surface area contributed by atoms with E-state index in [9.17, 15) is 39.0 Å². The Morgan fingerprint density at radius 3 is 0.850 bits per heavy atom. The number of hydrogen-bond acceptors (Lipinski definition) is 12. The number of aliphatic carboxylic acids is 4. The van der Waals surface area contributed by atoms with Crippen molar-refractivity contribution in [1.29, 1.82) is 0 Å². The van der Waals surface area contributed by atoms with Crippen LogP contribution in [0.3, 0.4) is 0 Å². The first-order valence-corrected chi connectivity index (χ1v) is 10.2. The smallest absolute Gasteiger partial charge is 0.335 e. The fourth-order valence-corrected chi connectivity index (χ4v) is 1.82. The molecule has 0 aliphatic rings. The molecule has 220 valence electrons. The van der Waals surface area contributed by atoms with E-state index in [0.717, 1.165) is 11.4 Å². The van der Waals surface area contributed by atoms with Gasteiger partial charge in [-0.1, -0.05) is 0 Å². The lowest BCUT2D eigenvalue weighted by Gasteiger charge is -2.13. The molecule has 2 aromatic rings. The SMILES string of the molecule is O=C([O-])[C@H](O)[C@@H](O)C(=O)O.O=C([O-])[C@H](O)[C@@H](O)C(=O)O.[NH3+]c1ccc(C(=O)O)cc1.[NH3+]c1ccc(C(=O)O)cc1. The van der Waals surface area contributed by atoms with Gasteiger partial charge in [0.05, 0.1) is 23.1 Å². The first-order chi connectivity index (χ1) is 18.3. The standard InChI is InChI=1S/2C7H7NO2.2C4H6O6/c2*8-6-3-1-5(2-4-6)7(9)10;2*5-1(3(7)8)2(6)4(9)10/h2*1-4H,8H2,(H,9,10);2*1-2,5-6H,(H,7,8)(H,9,10)/t;;2*1-,2-/m..11/s1. The van der Waals surface area contributed by atoms with Crippen LogP contribution in [0.2, 0.25) is 0 Å². The summed E-state index contributed by atoms with van der Waals surface area (Å²) < 4.78 is 0. The van der Waals surface area contributed by atoms with Gasteiger partial charge < -0.3 is 72.1 Å². The molecular weight excluding hydrogens is 548 g/mol. The van der Waals surface area contributed by atoms with Crippen LogP contribution in [-0.4, -0.2) is 101 Å². The van der Waals surface area contributed by atoms with Crippen molar-refractivity contribution in [3.63, 3.8) is 0 Å². The van der Waals surface area contributed by atoms with Gasteiger partial charge in [0.2, 0.25) is 0 Å². The van der Waals surface area contributed by atoms with E-state index in [1.54, 1.807) is 24.3 Å². The van der Waals surface area contributed by atoms with E-state index in [-0.39, 0.29) is 0 Å². The van der Waals surface area contributed by atoms with Gasteiger partial charge in [0.15, 0.2) is 12.2 Å². The van der Waals surface area contributed by atoms with Crippen LogP contribution in [0.4, 0.5) is 11.4 Å². The van der Waals surface area contributed by atoms with E-state index < -0.39 is 60.2 Å². The summed E-state index contributed by atoms with van der Waals surface area (Å²) in [6, 6.07) is 12.8. The molecular formula is C22H26N2O16. The Labute approximate surface area is 223 Å². The Balaban J connectivity index is 0. The molecule has 2 rings (SSSR count). The Bertz CT molecular complexity index is 1020. The summed E-state index contributed by atoms with van der Waals surface area (Å²) in [5.74, 6) is -9.46. The van der Waals surface area contributed by atoms with Crippen LogP contribution < -0.4 is 21.7 Å². The molecule has 0 aliphatic carbocycles. The van der Waals surface area contributed by atoms with Crippen LogP contribution in [0.1, 0.15) is 20.7 Å². The molecule has 2 aromatic carbocycles. The number of carbonyl (C=O) groups is 6. The molecule has 40 heavy (non-hydrogen) atoms. The largest absolute Gasteiger partial charge is 0.547 e. The lowest BCUT2D eigenvalue weighted by atomic mass is 10.2. The minimum Gasteiger partial charge on any atom is -0.547 e. The molecule has 0 heterocycles. The monoisotopic (exact) mass is 574 g/mol. The van der Waals surface area contributed by atoms with E-state index in [4.69, 9.17) is 40.9 Å². The number of rotatable bonds is 8. The molecule has 0 amide bonds. The van der Waals surface area contributed by atoms with Gasteiger partial charge >= 0.3 is 23.9 Å². The zero-order valence-electron chi connectivity index (χ0n) is 20.2. The number of aliphatic hydroxyl groups excluding tert-OH is 4. The van der Waals surface area contributed by atoms with Gasteiger partial charge in [-0.2, -0.15) is 0 Å². The highest BCUT2D eigenvalue weighted by molar-refractivity contribution is 5.88.